The first-order valence-corrected chi connectivity index (χ1v) is 5.19. The number of carboxylic acid groups (broad SMARTS) is 2. The number of carbonyl (C=O) groups is 2. The summed E-state index contributed by atoms with van der Waals surface area (Å²) >= 11 is 4.41. The number of isothiocyanates is 1. The van der Waals surface area contributed by atoms with Gasteiger partial charge in [-0.2, -0.15) is 4.99 Å². The molecule has 0 aromatic heterocycles. The van der Waals surface area contributed by atoms with E-state index in [0.717, 1.165) is 0 Å². The van der Waals surface area contributed by atoms with Gasteiger partial charge >= 0.3 is 11.9 Å². The fourth-order valence-electron chi connectivity index (χ4n) is 1.43. The van der Waals surface area contributed by atoms with Crippen LogP contribution < -0.4 is 4.90 Å². The van der Waals surface area contributed by atoms with E-state index in [-0.39, 0.29) is 22.5 Å². The van der Waals surface area contributed by atoms with E-state index >= 15 is 0 Å². The molecule has 2 N–H and O–H groups in total. The SMILES string of the molecule is CN(C)c1cc(C(=O)O)c(N=C=S)cc1C(=O)O. The Kier molecular flexibility index (Phi) is 4.14. The topological polar surface area (TPSA) is 90.2 Å². The van der Waals surface area contributed by atoms with Crippen LogP contribution in [0.1, 0.15) is 20.7 Å². The van der Waals surface area contributed by atoms with E-state index in [1.807, 2.05) is 5.16 Å². The zero-order valence-electron chi connectivity index (χ0n) is 9.67. The van der Waals surface area contributed by atoms with Crippen molar-refractivity contribution in [1.29, 1.82) is 0 Å². The molecule has 0 saturated carbocycles. The number of thiocarbonyl (C=S) groups is 1. The summed E-state index contributed by atoms with van der Waals surface area (Å²) in [6, 6.07) is 2.41. The third kappa shape index (κ3) is 2.71. The molecule has 0 fully saturated rings. The summed E-state index contributed by atoms with van der Waals surface area (Å²) in [4.78, 5) is 27.3. The number of hydrogen-bond acceptors (Lipinski definition) is 5. The lowest BCUT2D eigenvalue weighted by Crippen LogP contribution is -2.15. The quantitative estimate of drug-likeness (QED) is 0.638. The van der Waals surface area contributed by atoms with Crippen molar-refractivity contribution in [2.24, 2.45) is 4.99 Å². The average molecular weight is 266 g/mol. The van der Waals surface area contributed by atoms with E-state index in [1.54, 1.807) is 14.1 Å². The minimum absolute atomic E-state index is 0.0273. The maximum Gasteiger partial charge on any atom is 0.338 e. The van der Waals surface area contributed by atoms with Crippen molar-refractivity contribution in [2.75, 3.05) is 19.0 Å². The van der Waals surface area contributed by atoms with Crippen LogP contribution in [0.4, 0.5) is 11.4 Å². The molecule has 0 unspecified atom stereocenters. The van der Waals surface area contributed by atoms with E-state index in [4.69, 9.17) is 10.2 Å². The minimum Gasteiger partial charge on any atom is -0.478 e. The summed E-state index contributed by atoms with van der Waals surface area (Å²) in [5.74, 6) is -2.38. The summed E-state index contributed by atoms with van der Waals surface area (Å²) in [6.07, 6.45) is 0. The number of anilines is 1. The Balaban J connectivity index is 3.65. The number of rotatable bonds is 4. The minimum atomic E-state index is -1.21. The molecule has 7 heteroatoms. The Morgan fingerprint density at radius 2 is 1.78 bits per heavy atom. The second kappa shape index (κ2) is 5.39. The molecule has 0 spiro atoms. The highest BCUT2D eigenvalue weighted by Gasteiger charge is 2.19. The first-order chi connectivity index (χ1) is 8.38. The van der Waals surface area contributed by atoms with Crippen molar-refractivity contribution < 1.29 is 19.8 Å². The highest BCUT2D eigenvalue weighted by Crippen LogP contribution is 2.29. The van der Waals surface area contributed by atoms with Crippen molar-refractivity contribution in [3.63, 3.8) is 0 Å². The van der Waals surface area contributed by atoms with Crippen molar-refractivity contribution in [1.82, 2.24) is 0 Å². The average Bonchev–Trinajstić information content (AvgIpc) is 2.28. The van der Waals surface area contributed by atoms with Crippen molar-refractivity contribution in [3.05, 3.63) is 23.3 Å². The van der Waals surface area contributed by atoms with Gasteiger partial charge in [0, 0.05) is 14.1 Å². The molecule has 0 bridgehead atoms. The van der Waals surface area contributed by atoms with Crippen molar-refractivity contribution in [2.45, 2.75) is 0 Å². The van der Waals surface area contributed by atoms with Crippen LogP contribution in [0.2, 0.25) is 0 Å². The van der Waals surface area contributed by atoms with Crippen LogP contribution in [0, 0.1) is 0 Å². The van der Waals surface area contributed by atoms with Crippen molar-refractivity contribution >= 4 is 40.7 Å². The Morgan fingerprint density at radius 1 is 1.22 bits per heavy atom. The molecule has 0 aliphatic rings. The number of nitrogens with zero attached hydrogens (tertiary/aromatic N) is 2. The fraction of sp³-hybridized carbons (Fsp3) is 0.182. The zero-order chi connectivity index (χ0) is 13.9. The van der Waals surface area contributed by atoms with Gasteiger partial charge in [-0.15, -0.1) is 0 Å². The molecule has 0 radical (unpaired) electrons. The fourth-order valence-corrected chi connectivity index (χ4v) is 1.53. The summed E-state index contributed by atoms with van der Waals surface area (Å²) in [5, 5.41) is 20.1. The van der Waals surface area contributed by atoms with Crippen LogP contribution in [-0.4, -0.2) is 41.4 Å². The van der Waals surface area contributed by atoms with Gasteiger partial charge in [-0.1, -0.05) is 0 Å². The molecule has 0 aliphatic heterocycles. The Labute approximate surface area is 108 Å². The predicted octanol–water partition coefficient (Wildman–Crippen LogP) is 1.88. The van der Waals surface area contributed by atoms with E-state index in [2.05, 4.69) is 17.2 Å². The summed E-state index contributed by atoms with van der Waals surface area (Å²) in [6.45, 7) is 0. The number of benzene rings is 1. The van der Waals surface area contributed by atoms with Crippen LogP contribution in [0.25, 0.3) is 0 Å². The van der Waals surface area contributed by atoms with E-state index in [9.17, 15) is 9.59 Å². The van der Waals surface area contributed by atoms with Gasteiger partial charge in [0.15, 0.2) is 0 Å². The third-order valence-electron chi connectivity index (χ3n) is 2.22. The number of hydrogen-bond donors (Lipinski definition) is 2. The molecule has 0 heterocycles. The second-order valence-electron chi connectivity index (χ2n) is 3.59. The number of aromatic carboxylic acids is 2. The maximum absolute atomic E-state index is 11.1. The van der Waals surface area contributed by atoms with Crippen LogP contribution >= 0.6 is 12.2 Å². The van der Waals surface area contributed by atoms with Crippen molar-refractivity contribution in [3.8, 4) is 0 Å². The standard InChI is InChI=1S/C11H10N2O4S/c1-13(2)9-4-6(10(14)15)8(12-5-18)3-7(9)11(16)17/h3-4H,1-2H3,(H,14,15)(H,16,17). The van der Waals surface area contributed by atoms with Gasteiger partial charge in [0.1, 0.15) is 0 Å². The molecule has 1 aromatic rings. The highest BCUT2D eigenvalue weighted by atomic mass is 32.1. The number of carboxylic acids is 2. The maximum atomic E-state index is 11.1. The Bertz CT molecular complexity index is 562. The van der Waals surface area contributed by atoms with Gasteiger partial charge in [-0.05, 0) is 24.4 Å². The van der Waals surface area contributed by atoms with Crippen LogP contribution in [0.3, 0.4) is 0 Å². The number of aliphatic imine (C=N–C) groups is 1. The molecule has 0 amide bonds. The van der Waals surface area contributed by atoms with Gasteiger partial charge < -0.3 is 15.1 Å². The molecule has 6 nitrogen and oxygen atoms in total. The molecule has 1 aromatic carbocycles. The van der Waals surface area contributed by atoms with E-state index in [1.165, 1.54) is 17.0 Å². The molecule has 0 aliphatic carbocycles. The molecular weight excluding hydrogens is 256 g/mol. The third-order valence-corrected chi connectivity index (χ3v) is 2.31. The lowest BCUT2D eigenvalue weighted by molar-refractivity contribution is 0.0682. The molecular formula is C11H10N2O4S. The smallest absolute Gasteiger partial charge is 0.338 e. The summed E-state index contributed by atoms with van der Waals surface area (Å²) in [5.41, 5.74) is 0.0822. The van der Waals surface area contributed by atoms with E-state index < -0.39 is 11.9 Å². The Morgan fingerprint density at radius 3 is 2.17 bits per heavy atom. The first kappa shape index (κ1) is 13.8. The van der Waals surface area contributed by atoms with Crippen LogP contribution in [0.15, 0.2) is 17.1 Å². The molecule has 0 saturated heterocycles. The summed E-state index contributed by atoms with van der Waals surface area (Å²) < 4.78 is 0. The van der Waals surface area contributed by atoms with Gasteiger partial charge in [0.25, 0.3) is 0 Å². The second-order valence-corrected chi connectivity index (χ2v) is 3.78. The molecule has 0 atom stereocenters. The molecule has 1 rings (SSSR count). The van der Waals surface area contributed by atoms with E-state index in [0.29, 0.717) is 0 Å². The van der Waals surface area contributed by atoms with Crippen LogP contribution in [0.5, 0.6) is 0 Å². The Hall–Kier alpha value is -2.24. The normalized spacial score (nSPS) is 9.44. The zero-order valence-corrected chi connectivity index (χ0v) is 10.5. The lowest BCUT2D eigenvalue weighted by atomic mass is 10.1. The summed E-state index contributed by atoms with van der Waals surface area (Å²) in [7, 11) is 3.24. The first-order valence-electron chi connectivity index (χ1n) is 4.78. The monoisotopic (exact) mass is 266 g/mol. The molecule has 18 heavy (non-hydrogen) atoms. The van der Waals surface area contributed by atoms with Gasteiger partial charge in [-0.3, -0.25) is 0 Å². The molecule has 94 valence electrons. The largest absolute Gasteiger partial charge is 0.478 e. The predicted molar refractivity (Wildman–Crippen MR) is 69.4 cm³/mol. The highest BCUT2D eigenvalue weighted by molar-refractivity contribution is 7.78. The van der Waals surface area contributed by atoms with Gasteiger partial charge in [0.2, 0.25) is 0 Å². The van der Waals surface area contributed by atoms with Crippen LogP contribution in [-0.2, 0) is 0 Å². The lowest BCUT2D eigenvalue weighted by Gasteiger charge is -2.16. The van der Waals surface area contributed by atoms with Gasteiger partial charge in [-0.25, -0.2) is 9.59 Å². The van der Waals surface area contributed by atoms with Gasteiger partial charge in [0.05, 0.1) is 27.7 Å².